The average Bonchev–Trinajstić information content (AvgIpc) is 2.47. The summed E-state index contributed by atoms with van der Waals surface area (Å²) in [6.07, 6.45) is 0. The fourth-order valence-electron chi connectivity index (χ4n) is 1.68. The van der Waals surface area contributed by atoms with Crippen molar-refractivity contribution in [3.05, 3.63) is 49.8 Å². The second-order valence-corrected chi connectivity index (χ2v) is 6.89. The van der Waals surface area contributed by atoms with Crippen LogP contribution >= 0.6 is 47.8 Å². The zero-order chi connectivity index (χ0) is 16.1. The number of nitrogens with one attached hydrogen (secondary N) is 1. The SMILES string of the molecule is COc1ccc(NC(=O)COc2c(Br)cc(Br)cc2Br)cc1. The van der Waals surface area contributed by atoms with Crippen molar-refractivity contribution in [3.63, 3.8) is 0 Å². The quantitative estimate of drug-likeness (QED) is 0.637. The third-order valence-electron chi connectivity index (χ3n) is 2.68. The predicted molar refractivity (Wildman–Crippen MR) is 96.7 cm³/mol. The number of benzene rings is 2. The van der Waals surface area contributed by atoms with Gasteiger partial charge in [-0.3, -0.25) is 4.79 Å². The number of carbonyl (C=O) groups is 1. The molecule has 1 amide bonds. The Morgan fingerprint density at radius 1 is 1.09 bits per heavy atom. The number of carbonyl (C=O) groups excluding carboxylic acids is 1. The van der Waals surface area contributed by atoms with E-state index in [0.29, 0.717) is 11.4 Å². The number of anilines is 1. The summed E-state index contributed by atoms with van der Waals surface area (Å²) in [5.41, 5.74) is 0.684. The third-order valence-corrected chi connectivity index (χ3v) is 4.32. The van der Waals surface area contributed by atoms with Crippen LogP contribution in [0.4, 0.5) is 5.69 Å². The van der Waals surface area contributed by atoms with Crippen LogP contribution in [0.15, 0.2) is 49.8 Å². The van der Waals surface area contributed by atoms with Crippen molar-refractivity contribution in [1.82, 2.24) is 0 Å². The Kier molecular flexibility index (Phi) is 6.28. The van der Waals surface area contributed by atoms with E-state index in [1.807, 2.05) is 12.1 Å². The molecule has 2 aromatic rings. The molecule has 2 aromatic carbocycles. The summed E-state index contributed by atoms with van der Waals surface area (Å²) in [5, 5.41) is 2.75. The second-order valence-electron chi connectivity index (χ2n) is 4.26. The summed E-state index contributed by atoms with van der Waals surface area (Å²) in [4.78, 5) is 11.9. The molecule has 116 valence electrons. The monoisotopic (exact) mass is 491 g/mol. The lowest BCUT2D eigenvalue weighted by Gasteiger charge is -2.11. The number of ether oxygens (including phenoxy) is 2. The fourth-order valence-corrected chi connectivity index (χ4v) is 4.16. The molecule has 0 aromatic heterocycles. The number of hydrogen-bond acceptors (Lipinski definition) is 3. The first-order valence-electron chi connectivity index (χ1n) is 6.21. The molecule has 0 saturated carbocycles. The molecular formula is C15H12Br3NO3. The highest BCUT2D eigenvalue weighted by atomic mass is 79.9. The van der Waals surface area contributed by atoms with Crippen LogP contribution in [-0.2, 0) is 4.79 Å². The highest BCUT2D eigenvalue weighted by Crippen LogP contribution is 2.36. The number of methoxy groups -OCH3 is 1. The van der Waals surface area contributed by atoms with Gasteiger partial charge in [0.25, 0.3) is 5.91 Å². The van der Waals surface area contributed by atoms with Gasteiger partial charge in [0.1, 0.15) is 11.5 Å². The molecule has 0 heterocycles. The Bertz CT molecular complexity index is 651. The zero-order valence-corrected chi connectivity index (χ0v) is 16.3. The molecule has 0 atom stereocenters. The van der Waals surface area contributed by atoms with Crippen molar-refractivity contribution in [1.29, 1.82) is 0 Å². The summed E-state index contributed by atoms with van der Waals surface area (Å²) >= 11 is 10.2. The van der Waals surface area contributed by atoms with Crippen LogP contribution in [0.25, 0.3) is 0 Å². The first-order chi connectivity index (χ1) is 10.5. The molecule has 1 N–H and O–H groups in total. The van der Waals surface area contributed by atoms with E-state index in [0.717, 1.165) is 19.2 Å². The number of amides is 1. The van der Waals surface area contributed by atoms with E-state index >= 15 is 0 Å². The largest absolute Gasteiger partial charge is 0.497 e. The van der Waals surface area contributed by atoms with Crippen molar-refractivity contribution in [2.75, 3.05) is 19.0 Å². The van der Waals surface area contributed by atoms with Gasteiger partial charge < -0.3 is 14.8 Å². The van der Waals surface area contributed by atoms with Crippen molar-refractivity contribution in [2.24, 2.45) is 0 Å². The lowest BCUT2D eigenvalue weighted by molar-refractivity contribution is -0.118. The van der Waals surface area contributed by atoms with E-state index in [1.54, 1.807) is 31.4 Å². The summed E-state index contributed by atoms with van der Waals surface area (Å²) in [5.74, 6) is 1.07. The highest BCUT2D eigenvalue weighted by molar-refractivity contribution is 9.11. The first-order valence-corrected chi connectivity index (χ1v) is 8.58. The molecule has 0 radical (unpaired) electrons. The normalized spacial score (nSPS) is 10.2. The van der Waals surface area contributed by atoms with Crippen LogP contribution in [0.2, 0.25) is 0 Å². The number of rotatable bonds is 5. The van der Waals surface area contributed by atoms with Crippen LogP contribution in [0.3, 0.4) is 0 Å². The molecule has 4 nitrogen and oxygen atoms in total. The van der Waals surface area contributed by atoms with Gasteiger partial charge >= 0.3 is 0 Å². The van der Waals surface area contributed by atoms with Gasteiger partial charge in [-0.25, -0.2) is 0 Å². The molecule has 22 heavy (non-hydrogen) atoms. The van der Waals surface area contributed by atoms with E-state index in [-0.39, 0.29) is 12.5 Å². The van der Waals surface area contributed by atoms with E-state index in [1.165, 1.54) is 0 Å². The Morgan fingerprint density at radius 3 is 2.23 bits per heavy atom. The van der Waals surface area contributed by atoms with Gasteiger partial charge in [-0.1, -0.05) is 15.9 Å². The summed E-state index contributed by atoms with van der Waals surface area (Å²) < 4.78 is 13.0. The molecule has 0 bridgehead atoms. The van der Waals surface area contributed by atoms with Gasteiger partial charge in [0.05, 0.1) is 16.1 Å². The maximum Gasteiger partial charge on any atom is 0.262 e. The molecule has 0 aliphatic carbocycles. The highest BCUT2D eigenvalue weighted by Gasteiger charge is 2.11. The van der Waals surface area contributed by atoms with Gasteiger partial charge in [0.2, 0.25) is 0 Å². The Balaban J connectivity index is 1.95. The van der Waals surface area contributed by atoms with Gasteiger partial charge in [-0.2, -0.15) is 0 Å². The molecule has 0 aliphatic heterocycles. The third kappa shape index (κ3) is 4.72. The molecule has 2 rings (SSSR count). The Hall–Kier alpha value is -1.05. The molecule has 7 heteroatoms. The number of halogens is 3. The lowest BCUT2D eigenvalue weighted by atomic mass is 10.3. The maximum atomic E-state index is 11.9. The van der Waals surface area contributed by atoms with E-state index < -0.39 is 0 Å². The summed E-state index contributed by atoms with van der Waals surface area (Å²) in [6, 6.07) is 10.8. The van der Waals surface area contributed by atoms with Crippen molar-refractivity contribution >= 4 is 59.4 Å². The van der Waals surface area contributed by atoms with E-state index in [2.05, 4.69) is 53.1 Å². The van der Waals surface area contributed by atoms with Crippen molar-refractivity contribution in [2.45, 2.75) is 0 Å². The van der Waals surface area contributed by atoms with Crippen LogP contribution in [0, 0.1) is 0 Å². The van der Waals surface area contributed by atoms with Gasteiger partial charge in [0, 0.05) is 10.2 Å². The minimum atomic E-state index is -0.244. The van der Waals surface area contributed by atoms with Crippen LogP contribution in [0.1, 0.15) is 0 Å². The van der Waals surface area contributed by atoms with Gasteiger partial charge in [0.15, 0.2) is 6.61 Å². The molecule has 0 fully saturated rings. The first kappa shape index (κ1) is 17.3. The van der Waals surface area contributed by atoms with E-state index in [9.17, 15) is 4.79 Å². The maximum absolute atomic E-state index is 11.9. The van der Waals surface area contributed by atoms with Crippen LogP contribution < -0.4 is 14.8 Å². The Labute approximate surface area is 153 Å². The minimum Gasteiger partial charge on any atom is -0.497 e. The molecule has 0 aliphatic rings. The molecule has 0 unspecified atom stereocenters. The minimum absolute atomic E-state index is 0.0924. The smallest absolute Gasteiger partial charge is 0.262 e. The second kappa shape index (κ2) is 7.99. The topological polar surface area (TPSA) is 47.6 Å². The summed E-state index contributed by atoms with van der Waals surface area (Å²) in [6.45, 7) is -0.0924. The van der Waals surface area contributed by atoms with Crippen LogP contribution in [0.5, 0.6) is 11.5 Å². The zero-order valence-electron chi connectivity index (χ0n) is 11.5. The predicted octanol–water partition coefficient (Wildman–Crippen LogP) is 5.00. The van der Waals surface area contributed by atoms with Gasteiger partial charge in [-0.15, -0.1) is 0 Å². The average molecular weight is 494 g/mol. The summed E-state index contributed by atoms with van der Waals surface area (Å²) in [7, 11) is 1.59. The molecular weight excluding hydrogens is 482 g/mol. The van der Waals surface area contributed by atoms with E-state index in [4.69, 9.17) is 9.47 Å². The van der Waals surface area contributed by atoms with Gasteiger partial charge in [-0.05, 0) is 68.3 Å². The van der Waals surface area contributed by atoms with Crippen molar-refractivity contribution in [3.8, 4) is 11.5 Å². The van der Waals surface area contributed by atoms with Crippen molar-refractivity contribution < 1.29 is 14.3 Å². The number of hydrogen-bond donors (Lipinski definition) is 1. The fraction of sp³-hybridized carbons (Fsp3) is 0.133. The molecule has 0 spiro atoms. The lowest BCUT2D eigenvalue weighted by Crippen LogP contribution is -2.20. The van der Waals surface area contributed by atoms with Crippen LogP contribution in [-0.4, -0.2) is 19.6 Å². The molecule has 0 saturated heterocycles. The Morgan fingerprint density at radius 2 is 1.68 bits per heavy atom. The standard InChI is InChI=1S/C15H12Br3NO3/c1-21-11-4-2-10(3-5-11)19-14(20)8-22-15-12(17)6-9(16)7-13(15)18/h2-7H,8H2,1H3,(H,19,20).